The van der Waals surface area contributed by atoms with Crippen LogP contribution in [0.4, 0.5) is 0 Å². The zero-order valence-electron chi connectivity index (χ0n) is 17.1. The van der Waals surface area contributed by atoms with Gasteiger partial charge in [0.15, 0.2) is 6.61 Å². The Morgan fingerprint density at radius 3 is 2.76 bits per heavy atom. The number of esters is 1. The van der Waals surface area contributed by atoms with E-state index in [4.69, 9.17) is 9.26 Å². The number of pyridine rings is 1. The molecule has 1 aliphatic carbocycles. The minimum atomic E-state index is -0.545. The van der Waals surface area contributed by atoms with Crippen LogP contribution < -0.4 is 0 Å². The van der Waals surface area contributed by atoms with Crippen molar-refractivity contribution in [3.8, 4) is 0 Å². The molecule has 2 aromatic heterocycles. The molecular formula is C21H27N3O4S. The summed E-state index contributed by atoms with van der Waals surface area (Å²) in [6.07, 6.45) is 5.88. The van der Waals surface area contributed by atoms with E-state index in [1.165, 1.54) is 11.8 Å². The van der Waals surface area contributed by atoms with Gasteiger partial charge in [-0.3, -0.25) is 4.79 Å². The molecule has 0 N–H and O–H groups in total. The first kappa shape index (κ1) is 21.4. The van der Waals surface area contributed by atoms with Gasteiger partial charge in [0, 0.05) is 31.1 Å². The number of ether oxygens (including phenoxy) is 1. The van der Waals surface area contributed by atoms with Crippen molar-refractivity contribution in [2.75, 3.05) is 13.7 Å². The Hall–Kier alpha value is -2.35. The van der Waals surface area contributed by atoms with Gasteiger partial charge in [-0.25, -0.2) is 9.78 Å². The Balaban J connectivity index is 1.54. The van der Waals surface area contributed by atoms with Gasteiger partial charge in [0.1, 0.15) is 10.8 Å². The highest BCUT2D eigenvalue weighted by Crippen LogP contribution is 2.27. The number of amides is 1. The molecule has 0 radical (unpaired) electrons. The van der Waals surface area contributed by atoms with Gasteiger partial charge in [0.2, 0.25) is 0 Å². The van der Waals surface area contributed by atoms with Crippen LogP contribution in [0, 0.1) is 12.8 Å². The first-order valence-electron chi connectivity index (χ1n) is 9.87. The lowest BCUT2D eigenvalue weighted by Crippen LogP contribution is -2.41. The van der Waals surface area contributed by atoms with E-state index in [1.54, 1.807) is 30.3 Å². The van der Waals surface area contributed by atoms with E-state index in [9.17, 15) is 9.59 Å². The Bertz CT molecular complexity index is 846. The van der Waals surface area contributed by atoms with E-state index in [0.29, 0.717) is 16.3 Å². The molecule has 1 saturated carbocycles. The van der Waals surface area contributed by atoms with Crippen LogP contribution >= 0.6 is 11.8 Å². The molecule has 0 aromatic carbocycles. The van der Waals surface area contributed by atoms with E-state index in [2.05, 4.69) is 17.1 Å². The highest BCUT2D eigenvalue weighted by Gasteiger charge is 2.25. The molecule has 1 amide bonds. The van der Waals surface area contributed by atoms with E-state index in [-0.39, 0.29) is 18.6 Å². The van der Waals surface area contributed by atoms with E-state index >= 15 is 0 Å². The minimum absolute atomic E-state index is 0.172. The average Bonchev–Trinajstić information content (AvgIpc) is 3.15. The molecule has 1 fully saturated rings. The van der Waals surface area contributed by atoms with Crippen LogP contribution in [-0.2, 0) is 15.3 Å². The van der Waals surface area contributed by atoms with Crippen LogP contribution in [0.1, 0.15) is 54.4 Å². The Morgan fingerprint density at radius 2 is 2.07 bits per heavy atom. The number of nitrogens with zero attached hydrogens (tertiary/aromatic N) is 3. The third-order valence-electron chi connectivity index (χ3n) is 5.28. The molecule has 2 aromatic rings. The summed E-state index contributed by atoms with van der Waals surface area (Å²) in [6.45, 7) is 3.81. The fourth-order valence-corrected chi connectivity index (χ4v) is 4.29. The molecule has 0 spiro atoms. The van der Waals surface area contributed by atoms with Crippen molar-refractivity contribution in [2.45, 2.75) is 56.4 Å². The maximum absolute atomic E-state index is 12.5. The van der Waals surface area contributed by atoms with E-state index in [0.717, 1.165) is 43.1 Å². The van der Waals surface area contributed by atoms with Gasteiger partial charge in [0.05, 0.1) is 11.3 Å². The normalized spacial score (nSPS) is 19.0. The van der Waals surface area contributed by atoms with E-state index in [1.807, 2.05) is 13.0 Å². The molecule has 7 nitrogen and oxygen atoms in total. The van der Waals surface area contributed by atoms with Gasteiger partial charge >= 0.3 is 5.97 Å². The fraction of sp³-hybridized carbons (Fsp3) is 0.524. The summed E-state index contributed by atoms with van der Waals surface area (Å²) in [5, 5.41) is 4.49. The second kappa shape index (κ2) is 9.91. The van der Waals surface area contributed by atoms with E-state index < -0.39 is 5.97 Å². The summed E-state index contributed by atoms with van der Waals surface area (Å²) in [7, 11) is 1.79. The van der Waals surface area contributed by atoms with Crippen molar-refractivity contribution < 1.29 is 18.8 Å². The maximum Gasteiger partial charge on any atom is 0.341 e. The lowest BCUT2D eigenvalue weighted by atomic mass is 9.87. The number of aromatic nitrogens is 2. The number of carbonyl (C=O) groups is 2. The Kier molecular flexibility index (Phi) is 7.30. The van der Waals surface area contributed by atoms with Crippen molar-refractivity contribution in [2.24, 2.45) is 5.92 Å². The van der Waals surface area contributed by atoms with Crippen LogP contribution in [0.2, 0.25) is 0 Å². The summed E-state index contributed by atoms with van der Waals surface area (Å²) in [6, 6.07) is 5.40. The number of likely N-dealkylation sites (N-methyl/N-ethyl adjacent to an activating group) is 1. The van der Waals surface area contributed by atoms with Crippen molar-refractivity contribution in [1.82, 2.24) is 15.0 Å². The predicted octanol–water partition coefficient (Wildman–Crippen LogP) is 3.86. The zero-order chi connectivity index (χ0) is 20.8. The lowest BCUT2D eigenvalue weighted by molar-refractivity contribution is -0.136. The third-order valence-corrected chi connectivity index (χ3v) is 6.32. The quantitative estimate of drug-likeness (QED) is 0.499. The topological polar surface area (TPSA) is 85.5 Å². The van der Waals surface area contributed by atoms with Crippen LogP contribution in [0.5, 0.6) is 0 Å². The predicted molar refractivity (Wildman–Crippen MR) is 110 cm³/mol. The summed E-state index contributed by atoms with van der Waals surface area (Å²) < 4.78 is 10.4. The average molecular weight is 418 g/mol. The second-order valence-electron chi connectivity index (χ2n) is 7.57. The van der Waals surface area contributed by atoms with Gasteiger partial charge in [-0.15, -0.1) is 0 Å². The standard InChI is InChI=1S/C21H27N3O4S/c1-14-6-8-17(9-7-14)24(3)19(25)12-27-21(26)18-5-4-10-22-20(18)29-13-16-11-15(2)28-23-16/h4-5,10-11,14,17H,6-9,12-13H2,1-3H3. The van der Waals surface area contributed by atoms with Gasteiger partial charge in [-0.05, 0) is 50.7 Å². The molecule has 0 saturated heterocycles. The zero-order valence-corrected chi connectivity index (χ0v) is 17.9. The first-order chi connectivity index (χ1) is 13.9. The summed E-state index contributed by atoms with van der Waals surface area (Å²) >= 11 is 1.38. The van der Waals surface area contributed by atoms with Crippen LogP contribution in [0.3, 0.4) is 0 Å². The van der Waals surface area contributed by atoms with Crippen LogP contribution in [-0.4, -0.2) is 46.6 Å². The van der Waals surface area contributed by atoms with Gasteiger partial charge in [-0.2, -0.15) is 0 Å². The van der Waals surface area contributed by atoms with Crippen molar-refractivity contribution in [1.29, 1.82) is 0 Å². The molecule has 3 rings (SSSR count). The largest absolute Gasteiger partial charge is 0.452 e. The molecule has 156 valence electrons. The van der Waals surface area contributed by atoms with Crippen molar-refractivity contribution in [3.05, 3.63) is 41.4 Å². The molecule has 0 atom stereocenters. The maximum atomic E-state index is 12.5. The molecule has 8 heteroatoms. The third kappa shape index (κ3) is 5.82. The molecular weight excluding hydrogens is 390 g/mol. The van der Waals surface area contributed by atoms with Gasteiger partial charge in [-0.1, -0.05) is 23.8 Å². The number of rotatable bonds is 7. The molecule has 2 heterocycles. The molecule has 0 bridgehead atoms. The first-order valence-corrected chi connectivity index (χ1v) is 10.9. The van der Waals surface area contributed by atoms with Crippen LogP contribution in [0.15, 0.2) is 33.9 Å². The number of aryl methyl sites for hydroxylation is 1. The highest BCUT2D eigenvalue weighted by atomic mass is 32.2. The second-order valence-corrected chi connectivity index (χ2v) is 8.53. The molecule has 0 unspecified atom stereocenters. The Morgan fingerprint density at radius 1 is 1.31 bits per heavy atom. The summed E-state index contributed by atoms with van der Waals surface area (Å²) in [4.78, 5) is 31.0. The molecule has 0 aliphatic heterocycles. The smallest absolute Gasteiger partial charge is 0.341 e. The van der Waals surface area contributed by atoms with Crippen molar-refractivity contribution in [3.63, 3.8) is 0 Å². The number of hydrogen-bond donors (Lipinski definition) is 0. The summed E-state index contributed by atoms with van der Waals surface area (Å²) in [5.41, 5.74) is 1.12. The lowest BCUT2D eigenvalue weighted by Gasteiger charge is -2.33. The minimum Gasteiger partial charge on any atom is -0.452 e. The number of carbonyl (C=O) groups excluding carboxylic acids is 2. The molecule has 29 heavy (non-hydrogen) atoms. The monoisotopic (exact) mass is 417 g/mol. The fourth-order valence-electron chi connectivity index (χ4n) is 3.43. The highest BCUT2D eigenvalue weighted by molar-refractivity contribution is 7.98. The van der Waals surface area contributed by atoms with Crippen molar-refractivity contribution >= 4 is 23.6 Å². The SMILES string of the molecule is Cc1cc(CSc2ncccc2C(=O)OCC(=O)N(C)C2CCC(C)CC2)no1. The number of thioether (sulfide) groups is 1. The number of hydrogen-bond acceptors (Lipinski definition) is 7. The van der Waals surface area contributed by atoms with Crippen LogP contribution in [0.25, 0.3) is 0 Å². The van der Waals surface area contributed by atoms with Gasteiger partial charge < -0.3 is 14.2 Å². The molecule has 1 aliphatic rings. The Labute approximate surface area is 175 Å². The summed E-state index contributed by atoms with van der Waals surface area (Å²) in [5.74, 6) is 1.26. The van der Waals surface area contributed by atoms with Gasteiger partial charge in [0.25, 0.3) is 5.91 Å².